The van der Waals surface area contributed by atoms with Crippen LogP contribution in [0, 0.1) is 0 Å². The Labute approximate surface area is 237 Å². The standard InChI is InChI=1S/C29H34F5NO5S/c1-6-7-14-27(2,3)40-26(36)18-39-25-13-9-10-22-23(25)11-8-12-24(22)35(5)41(37,38)21-16-19(28(4,30)31)15-20(17-21)29(32,33)34/h6,9-10,13,15-17,24H,1,7-8,11-12,14,18H2,2-5H3. The molecule has 1 unspecified atom stereocenters. The van der Waals surface area contributed by atoms with Gasteiger partial charge < -0.3 is 9.47 Å². The van der Waals surface area contributed by atoms with Gasteiger partial charge in [0, 0.05) is 19.5 Å². The summed E-state index contributed by atoms with van der Waals surface area (Å²) in [5.41, 5.74) is -2.07. The molecule has 0 aromatic heterocycles. The maximum absolute atomic E-state index is 14.0. The molecular weight excluding hydrogens is 569 g/mol. The second-order valence-electron chi connectivity index (χ2n) is 10.7. The maximum atomic E-state index is 14.0. The minimum absolute atomic E-state index is 0.254. The topological polar surface area (TPSA) is 72.9 Å². The molecule has 1 aliphatic carbocycles. The first-order valence-electron chi connectivity index (χ1n) is 13.0. The number of nitrogens with zero attached hydrogens (tertiary/aromatic N) is 1. The molecule has 0 radical (unpaired) electrons. The summed E-state index contributed by atoms with van der Waals surface area (Å²) in [6.07, 6.45) is -0.718. The number of fused-ring (bicyclic) bond motifs is 1. The fourth-order valence-corrected chi connectivity index (χ4v) is 6.22. The molecule has 41 heavy (non-hydrogen) atoms. The zero-order chi connectivity index (χ0) is 30.8. The van der Waals surface area contributed by atoms with Crippen LogP contribution in [0.4, 0.5) is 22.0 Å². The van der Waals surface area contributed by atoms with Crippen molar-refractivity contribution >= 4 is 16.0 Å². The lowest BCUT2D eigenvalue weighted by Gasteiger charge is -2.33. The molecule has 6 nitrogen and oxygen atoms in total. The van der Waals surface area contributed by atoms with E-state index >= 15 is 0 Å². The van der Waals surface area contributed by atoms with Crippen molar-refractivity contribution in [2.24, 2.45) is 0 Å². The normalized spacial score (nSPS) is 16.3. The molecule has 0 fully saturated rings. The van der Waals surface area contributed by atoms with Crippen molar-refractivity contribution < 1.29 is 44.6 Å². The lowest BCUT2D eigenvalue weighted by Crippen LogP contribution is -2.34. The number of hydrogen-bond acceptors (Lipinski definition) is 5. The predicted octanol–water partition coefficient (Wildman–Crippen LogP) is 7.18. The molecule has 2 aromatic rings. The SMILES string of the molecule is C=CCCC(C)(C)OC(=O)COc1cccc2c1CCCC2N(C)S(=O)(=O)c1cc(C(C)(F)F)cc(C(F)(F)F)c1. The first kappa shape index (κ1) is 32.5. The van der Waals surface area contributed by atoms with Crippen LogP contribution in [0.5, 0.6) is 5.75 Å². The Morgan fingerprint density at radius 2 is 1.76 bits per heavy atom. The van der Waals surface area contributed by atoms with Gasteiger partial charge in [0.25, 0.3) is 5.92 Å². The second-order valence-corrected chi connectivity index (χ2v) is 12.7. The lowest BCUT2D eigenvalue weighted by atomic mass is 9.87. The number of benzene rings is 2. The first-order valence-corrected chi connectivity index (χ1v) is 14.5. The van der Waals surface area contributed by atoms with Gasteiger partial charge in [-0.25, -0.2) is 22.0 Å². The van der Waals surface area contributed by atoms with E-state index in [2.05, 4.69) is 6.58 Å². The zero-order valence-electron chi connectivity index (χ0n) is 23.4. The Balaban J connectivity index is 1.90. The summed E-state index contributed by atoms with van der Waals surface area (Å²) in [6, 6.07) is 5.31. The summed E-state index contributed by atoms with van der Waals surface area (Å²) in [5, 5.41) is 0. The molecule has 0 bridgehead atoms. The molecular formula is C29H34F5NO5S. The van der Waals surface area contributed by atoms with Crippen molar-refractivity contribution in [3.8, 4) is 5.75 Å². The molecule has 0 N–H and O–H groups in total. The number of carbonyl (C=O) groups excluding carboxylic acids is 1. The molecule has 12 heteroatoms. The van der Waals surface area contributed by atoms with Gasteiger partial charge in [-0.05, 0) is 81.3 Å². The summed E-state index contributed by atoms with van der Waals surface area (Å²) < 4.78 is 108. The van der Waals surface area contributed by atoms with Gasteiger partial charge in [0.05, 0.1) is 16.5 Å². The Hall–Kier alpha value is -2.99. The highest BCUT2D eigenvalue weighted by Gasteiger charge is 2.39. The van der Waals surface area contributed by atoms with E-state index in [1.54, 1.807) is 38.1 Å². The largest absolute Gasteiger partial charge is 0.482 e. The highest BCUT2D eigenvalue weighted by molar-refractivity contribution is 7.89. The number of sulfonamides is 1. The van der Waals surface area contributed by atoms with Gasteiger partial charge in [0.2, 0.25) is 10.0 Å². The van der Waals surface area contributed by atoms with Crippen LogP contribution in [0.2, 0.25) is 0 Å². The highest BCUT2D eigenvalue weighted by atomic mass is 32.2. The van der Waals surface area contributed by atoms with E-state index in [-0.39, 0.29) is 12.7 Å². The molecule has 0 amide bonds. The Morgan fingerprint density at radius 1 is 1.10 bits per heavy atom. The van der Waals surface area contributed by atoms with Crippen LogP contribution in [0.25, 0.3) is 0 Å². The van der Waals surface area contributed by atoms with E-state index in [1.807, 2.05) is 0 Å². The van der Waals surface area contributed by atoms with E-state index in [0.29, 0.717) is 68.0 Å². The molecule has 2 aromatic carbocycles. The molecule has 0 spiro atoms. The van der Waals surface area contributed by atoms with E-state index in [0.717, 1.165) is 4.31 Å². The highest BCUT2D eigenvalue weighted by Crippen LogP contribution is 2.42. The number of alkyl halides is 5. The van der Waals surface area contributed by atoms with Crippen LogP contribution < -0.4 is 4.74 Å². The maximum Gasteiger partial charge on any atom is 0.416 e. The van der Waals surface area contributed by atoms with Crippen molar-refractivity contribution in [1.29, 1.82) is 0 Å². The molecule has 1 atom stereocenters. The smallest absolute Gasteiger partial charge is 0.416 e. The van der Waals surface area contributed by atoms with Crippen LogP contribution in [0.1, 0.15) is 74.8 Å². The molecule has 0 saturated carbocycles. The van der Waals surface area contributed by atoms with E-state index in [1.165, 1.54) is 7.05 Å². The second kappa shape index (κ2) is 12.1. The number of carbonyl (C=O) groups is 1. The van der Waals surface area contributed by atoms with Crippen LogP contribution in [-0.4, -0.2) is 37.9 Å². The van der Waals surface area contributed by atoms with E-state index in [9.17, 15) is 35.2 Å². The van der Waals surface area contributed by atoms with Crippen LogP contribution >= 0.6 is 0 Å². The minimum Gasteiger partial charge on any atom is -0.482 e. The molecule has 0 heterocycles. The zero-order valence-corrected chi connectivity index (χ0v) is 24.2. The number of hydrogen-bond donors (Lipinski definition) is 0. The monoisotopic (exact) mass is 603 g/mol. The Morgan fingerprint density at radius 3 is 2.37 bits per heavy atom. The van der Waals surface area contributed by atoms with Crippen molar-refractivity contribution in [1.82, 2.24) is 4.31 Å². The fraction of sp³-hybridized carbons (Fsp3) is 0.483. The number of halogens is 5. The number of allylic oxidation sites excluding steroid dienone is 1. The third kappa shape index (κ3) is 7.85. The first-order chi connectivity index (χ1) is 18.9. The third-order valence-electron chi connectivity index (χ3n) is 6.98. The number of rotatable bonds is 11. The van der Waals surface area contributed by atoms with Crippen LogP contribution in [0.3, 0.4) is 0 Å². The summed E-state index contributed by atoms with van der Waals surface area (Å²) in [4.78, 5) is 11.5. The fourth-order valence-electron chi connectivity index (χ4n) is 4.78. The van der Waals surface area contributed by atoms with Crippen molar-refractivity contribution in [3.63, 3.8) is 0 Å². The number of ether oxygens (including phenoxy) is 2. The molecule has 3 rings (SSSR count). The van der Waals surface area contributed by atoms with E-state index < -0.39 is 55.8 Å². The summed E-state index contributed by atoms with van der Waals surface area (Å²) in [5.74, 6) is -3.93. The number of esters is 1. The average Bonchev–Trinajstić information content (AvgIpc) is 2.88. The minimum atomic E-state index is -5.03. The molecule has 0 aliphatic heterocycles. The summed E-state index contributed by atoms with van der Waals surface area (Å²) in [6.45, 7) is 7.22. The van der Waals surface area contributed by atoms with Crippen molar-refractivity contribution in [2.75, 3.05) is 13.7 Å². The van der Waals surface area contributed by atoms with Crippen molar-refractivity contribution in [3.05, 3.63) is 71.3 Å². The van der Waals surface area contributed by atoms with Gasteiger partial charge >= 0.3 is 12.1 Å². The lowest BCUT2D eigenvalue weighted by molar-refractivity contribution is -0.159. The molecule has 226 valence electrons. The quantitative estimate of drug-likeness (QED) is 0.155. The van der Waals surface area contributed by atoms with Crippen LogP contribution in [-0.2, 0) is 38.1 Å². The average molecular weight is 604 g/mol. The van der Waals surface area contributed by atoms with Gasteiger partial charge in [-0.15, -0.1) is 6.58 Å². The molecule has 0 saturated heterocycles. The van der Waals surface area contributed by atoms with Crippen LogP contribution in [0.15, 0.2) is 53.9 Å². The van der Waals surface area contributed by atoms with Gasteiger partial charge in [-0.2, -0.15) is 17.5 Å². The Kier molecular flexibility index (Phi) is 9.59. The predicted molar refractivity (Wildman–Crippen MR) is 143 cm³/mol. The molecule has 1 aliphatic rings. The summed E-state index contributed by atoms with van der Waals surface area (Å²) in [7, 11) is -3.43. The van der Waals surface area contributed by atoms with Crippen molar-refractivity contribution in [2.45, 2.75) is 81.5 Å². The Bertz CT molecular complexity index is 1350. The van der Waals surface area contributed by atoms with Gasteiger partial charge in [0.1, 0.15) is 11.4 Å². The van der Waals surface area contributed by atoms with Gasteiger partial charge in [-0.1, -0.05) is 18.2 Å². The van der Waals surface area contributed by atoms with E-state index in [4.69, 9.17) is 9.47 Å². The van der Waals surface area contributed by atoms with Gasteiger partial charge in [0.15, 0.2) is 6.61 Å². The summed E-state index contributed by atoms with van der Waals surface area (Å²) >= 11 is 0. The third-order valence-corrected chi connectivity index (χ3v) is 8.82. The van der Waals surface area contributed by atoms with Gasteiger partial charge in [-0.3, -0.25) is 0 Å².